The second-order valence-electron chi connectivity index (χ2n) is 6.08. The molecule has 0 saturated heterocycles. The number of nitrogens with one attached hydrogen (secondary N) is 1. The van der Waals surface area contributed by atoms with E-state index in [1.54, 1.807) is 13.8 Å². The molecule has 1 N–H and O–H groups in total. The number of aromatic nitrogens is 1. The minimum Gasteiger partial charge on any atom is -0.361 e. The van der Waals surface area contributed by atoms with Crippen molar-refractivity contribution in [2.45, 2.75) is 58.4 Å². The number of rotatable bonds is 6. The monoisotopic (exact) mass is 293 g/mol. The highest BCUT2D eigenvalue weighted by atomic mass is 16.5. The summed E-state index contributed by atoms with van der Waals surface area (Å²) in [6, 6.07) is 0.733. The molecule has 0 spiro atoms. The van der Waals surface area contributed by atoms with Crippen LogP contribution in [-0.2, 0) is 0 Å². The van der Waals surface area contributed by atoms with Gasteiger partial charge in [0.25, 0.3) is 5.91 Å². The van der Waals surface area contributed by atoms with Gasteiger partial charge in [0.1, 0.15) is 11.3 Å². The van der Waals surface area contributed by atoms with E-state index in [2.05, 4.69) is 22.4 Å². The summed E-state index contributed by atoms with van der Waals surface area (Å²) in [6.07, 6.45) is 7.72. The zero-order valence-corrected chi connectivity index (χ0v) is 13.4. The van der Waals surface area contributed by atoms with Crippen molar-refractivity contribution in [3.63, 3.8) is 0 Å². The van der Waals surface area contributed by atoms with E-state index in [9.17, 15) is 4.79 Å². The Morgan fingerprint density at radius 3 is 2.67 bits per heavy atom. The van der Waals surface area contributed by atoms with Crippen molar-refractivity contribution in [3.8, 4) is 0 Å². The predicted molar refractivity (Wildman–Crippen MR) is 82.4 cm³/mol. The number of carbonyl (C=O) groups is 1. The third-order valence-corrected chi connectivity index (χ3v) is 4.43. The zero-order chi connectivity index (χ0) is 15.2. The lowest BCUT2D eigenvalue weighted by atomic mass is 9.94. The third kappa shape index (κ3) is 4.30. The molecule has 1 aliphatic rings. The van der Waals surface area contributed by atoms with Crippen LogP contribution in [0.5, 0.6) is 0 Å². The molecule has 5 nitrogen and oxygen atoms in total. The fraction of sp³-hybridized carbons (Fsp3) is 0.750. The van der Waals surface area contributed by atoms with Crippen LogP contribution in [-0.4, -0.2) is 42.1 Å². The molecule has 0 atom stereocenters. The van der Waals surface area contributed by atoms with Gasteiger partial charge < -0.3 is 14.7 Å². The van der Waals surface area contributed by atoms with Crippen LogP contribution >= 0.6 is 0 Å². The van der Waals surface area contributed by atoms with Crippen molar-refractivity contribution in [2.24, 2.45) is 0 Å². The van der Waals surface area contributed by atoms with E-state index in [1.807, 2.05) is 0 Å². The molecular formula is C16H27N3O2. The minimum absolute atomic E-state index is 0.0773. The van der Waals surface area contributed by atoms with Gasteiger partial charge in [-0.3, -0.25) is 4.79 Å². The van der Waals surface area contributed by atoms with Gasteiger partial charge in [0.2, 0.25) is 0 Å². The number of nitrogens with zero attached hydrogens (tertiary/aromatic N) is 2. The molecule has 1 aromatic rings. The number of hydrogen-bond donors (Lipinski definition) is 1. The van der Waals surface area contributed by atoms with Crippen molar-refractivity contribution in [1.82, 2.24) is 15.4 Å². The van der Waals surface area contributed by atoms with Gasteiger partial charge in [-0.25, -0.2) is 0 Å². The first-order valence-corrected chi connectivity index (χ1v) is 8.01. The van der Waals surface area contributed by atoms with Gasteiger partial charge in [0, 0.05) is 12.6 Å². The first-order chi connectivity index (χ1) is 10.1. The maximum atomic E-state index is 12.1. The number of aryl methyl sites for hydroxylation is 2. The Labute approximate surface area is 127 Å². The predicted octanol–water partition coefficient (Wildman–Crippen LogP) is 2.68. The van der Waals surface area contributed by atoms with Gasteiger partial charge in [-0.05, 0) is 46.7 Å². The van der Waals surface area contributed by atoms with Crippen LogP contribution in [0.4, 0.5) is 0 Å². The molecule has 0 unspecified atom stereocenters. The van der Waals surface area contributed by atoms with Crippen molar-refractivity contribution < 1.29 is 9.32 Å². The van der Waals surface area contributed by atoms with Crippen LogP contribution in [0.15, 0.2) is 4.52 Å². The van der Waals surface area contributed by atoms with Gasteiger partial charge in [-0.15, -0.1) is 0 Å². The largest absolute Gasteiger partial charge is 0.361 e. The Morgan fingerprint density at radius 2 is 2.05 bits per heavy atom. The molecule has 1 aromatic heterocycles. The van der Waals surface area contributed by atoms with Crippen LogP contribution in [0.3, 0.4) is 0 Å². The van der Waals surface area contributed by atoms with Crippen molar-refractivity contribution >= 4 is 5.91 Å². The first-order valence-electron chi connectivity index (χ1n) is 8.01. The summed E-state index contributed by atoms with van der Waals surface area (Å²) in [5.74, 6) is 0.510. The lowest BCUT2D eigenvalue weighted by molar-refractivity contribution is 0.0948. The molecular weight excluding hydrogens is 266 g/mol. The molecule has 0 radical (unpaired) electrons. The Hall–Kier alpha value is -1.36. The van der Waals surface area contributed by atoms with E-state index in [4.69, 9.17) is 4.52 Å². The van der Waals surface area contributed by atoms with E-state index in [1.165, 1.54) is 32.1 Å². The summed E-state index contributed by atoms with van der Waals surface area (Å²) in [7, 11) is 2.20. The number of carbonyl (C=O) groups excluding carboxylic acids is 1. The summed E-state index contributed by atoms with van der Waals surface area (Å²) in [4.78, 5) is 14.5. The Bertz CT molecular complexity index is 445. The summed E-state index contributed by atoms with van der Waals surface area (Å²) in [5, 5.41) is 6.77. The average Bonchev–Trinajstić information content (AvgIpc) is 2.83. The first kappa shape index (κ1) is 16.0. The molecule has 21 heavy (non-hydrogen) atoms. The van der Waals surface area contributed by atoms with Gasteiger partial charge in [0.05, 0.1) is 5.69 Å². The Balaban J connectivity index is 1.68. The highest BCUT2D eigenvalue weighted by Gasteiger charge is 2.18. The maximum absolute atomic E-state index is 12.1. The zero-order valence-electron chi connectivity index (χ0n) is 13.4. The topological polar surface area (TPSA) is 58.4 Å². The quantitative estimate of drug-likeness (QED) is 0.819. The molecule has 1 saturated carbocycles. The third-order valence-electron chi connectivity index (χ3n) is 4.43. The maximum Gasteiger partial charge on any atom is 0.256 e. The molecule has 1 fully saturated rings. The summed E-state index contributed by atoms with van der Waals surface area (Å²) in [5.41, 5.74) is 1.24. The summed E-state index contributed by atoms with van der Waals surface area (Å²) >= 11 is 0. The highest BCUT2D eigenvalue weighted by Crippen LogP contribution is 2.21. The molecule has 1 aliphatic carbocycles. The van der Waals surface area contributed by atoms with Crippen molar-refractivity contribution in [3.05, 3.63) is 17.0 Å². The molecule has 5 heteroatoms. The summed E-state index contributed by atoms with van der Waals surface area (Å²) < 4.78 is 5.02. The average molecular weight is 293 g/mol. The standard InChI is InChI=1S/C16H27N3O2/c1-12-15(13(2)21-18-12)16(20)17-10-7-11-19(3)14-8-5-4-6-9-14/h14H,4-11H2,1-3H3,(H,17,20). The normalized spacial score (nSPS) is 16.4. The van der Waals surface area contributed by atoms with Gasteiger partial charge in [0.15, 0.2) is 0 Å². The molecule has 0 aliphatic heterocycles. The second kappa shape index (κ2) is 7.59. The van der Waals surface area contributed by atoms with Crippen LogP contribution in [0.25, 0.3) is 0 Å². The lowest BCUT2D eigenvalue weighted by Gasteiger charge is -2.31. The van der Waals surface area contributed by atoms with Gasteiger partial charge >= 0.3 is 0 Å². The lowest BCUT2D eigenvalue weighted by Crippen LogP contribution is -2.36. The number of amides is 1. The van der Waals surface area contributed by atoms with Gasteiger partial charge in [-0.1, -0.05) is 24.4 Å². The Morgan fingerprint density at radius 1 is 1.33 bits per heavy atom. The molecule has 0 aromatic carbocycles. The van der Waals surface area contributed by atoms with E-state index < -0.39 is 0 Å². The molecule has 1 amide bonds. The molecule has 1 heterocycles. The van der Waals surface area contributed by atoms with Gasteiger partial charge in [-0.2, -0.15) is 0 Å². The van der Waals surface area contributed by atoms with Crippen molar-refractivity contribution in [2.75, 3.05) is 20.1 Å². The SMILES string of the molecule is Cc1noc(C)c1C(=O)NCCCN(C)C1CCCCC1. The Kier molecular flexibility index (Phi) is 5.79. The minimum atomic E-state index is -0.0773. The van der Waals surface area contributed by atoms with Crippen LogP contribution in [0, 0.1) is 13.8 Å². The van der Waals surface area contributed by atoms with Crippen LogP contribution in [0.2, 0.25) is 0 Å². The molecule has 2 rings (SSSR count). The van der Waals surface area contributed by atoms with Crippen molar-refractivity contribution in [1.29, 1.82) is 0 Å². The van der Waals surface area contributed by atoms with E-state index in [-0.39, 0.29) is 5.91 Å². The fourth-order valence-electron chi connectivity index (χ4n) is 3.13. The number of hydrogen-bond acceptors (Lipinski definition) is 4. The molecule has 118 valence electrons. The second-order valence-corrected chi connectivity index (χ2v) is 6.08. The fourth-order valence-corrected chi connectivity index (χ4v) is 3.13. The van der Waals surface area contributed by atoms with E-state index >= 15 is 0 Å². The summed E-state index contributed by atoms with van der Waals surface area (Å²) in [6.45, 7) is 5.29. The molecule has 0 bridgehead atoms. The smallest absolute Gasteiger partial charge is 0.256 e. The van der Waals surface area contributed by atoms with Crippen LogP contribution in [0.1, 0.15) is 60.3 Å². The van der Waals surface area contributed by atoms with E-state index in [0.29, 0.717) is 23.6 Å². The van der Waals surface area contributed by atoms with E-state index in [0.717, 1.165) is 19.0 Å². The highest BCUT2D eigenvalue weighted by molar-refractivity contribution is 5.96. The van der Waals surface area contributed by atoms with Crippen LogP contribution < -0.4 is 5.32 Å².